The van der Waals surface area contributed by atoms with E-state index in [-0.39, 0.29) is 24.8 Å². The van der Waals surface area contributed by atoms with Gasteiger partial charge in [-0.1, -0.05) is 103 Å². The average Bonchev–Trinajstić information content (AvgIpc) is 1.51. The van der Waals surface area contributed by atoms with Crippen molar-refractivity contribution in [3.05, 3.63) is 239 Å². The number of hydrogen-bond acceptors (Lipinski definition) is 20. The topological polar surface area (TPSA) is 308 Å². The highest BCUT2D eigenvalue weighted by Gasteiger charge is 2.22. The molecule has 0 fully saturated rings. The number of benzene rings is 6. The summed E-state index contributed by atoms with van der Waals surface area (Å²) in [6.07, 6.45) is 3.52. The van der Waals surface area contributed by atoms with Gasteiger partial charge in [-0.05, 0) is 160 Å². The molecule has 0 aliphatic heterocycles. The molecule has 0 aliphatic carbocycles. The van der Waals surface area contributed by atoms with Crippen LogP contribution in [-0.2, 0) is 71.1 Å². The van der Waals surface area contributed by atoms with Crippen LogP contribution < -0.4 is 24.2 Å². The van der Waals surface area contributed by atoms with Crippen LogP contribution in [0.1, 0.15) is 40.1 Å². The number of thiophene rings is 1. The number of nitrogens with one attached hydrogen (secondary N) is 5. The van der Waals surface area contributed by atoms with Crippen molar-refractivity contribution in [2.45, 2.75) is 52.0 Å². The first kappa shape index (κ1) is 76.3. The maximum atomic E-state index is 12.9. The molecule has 30 heteroatoms. The summed E-state index contributed by atoms with van der Waals surface area (Å²) >= 11 is 6.86. The minimum absolute atomic E-state index is 0.0557. The lowest BCUT2D eigenvalue weighted by molar-refractivity contribution is -0.114. The number of hydrogen-bond donors (Lipinski definition) is 5. The molecule has 24 nitrogen and oxygen atoms in total. The molecule has 0 spiro atoms. The van der Waals surface area contributed by atoms with Crippen LogP contribution in [-0.4, -0.2) is 147 Å². The Morgan fingerprint density at radius 2 is 0.784 bits per heavy atom. The lowest BCUT2D eigenvalue weighted by Crippen LogP contribution is -2.15. The molecular weight excluding hydrogens is 1420 g/mol. The van der Waals surface area contributed by atoms with E-state index in [1.807, 2.05) is 149 Å². The minimum atomic E-state index is -3.85. The molecular formula is C72H75ClN14O10S5. The second-order valence-electron chi connectivity index (χ2n) is 24.2. The van der Waals surface area contributed by atoms with E-state index in [1.54, 1.807) is 72.8 Å². The van der Waals surface area contributed by atoms with Gasteiger partial charge >= 0.3 is 0 Å². The van der Waals surface area contributed by atoms with Crippen molar-refractivity contribution in [2.75, 3.05) is 80.6 Å². The van der Waals surface area contributed by atoms with Crippen LogP contribution >= 0.6 is 22.9 Å². The van der Waals surface area contributed by atoms with Crippen molar-refractivity contribution in [3.63, 3.8) is 0 Å². The number of rotatable bonds is 22. The third kappa shape index (κ3) is 20.9. The first-order chi connectivity index (χ1) is 48.4. The molecule has 12 aromatic rings. The van der Waals surface area contributed by atoms with Crippen molar-refractivity contribution < 1.29 is 43.3 Å². The van der Waals surface area contributed by atoms with Gasteiger partial charge in [-0.3, -0.25) is 33.5 Å². The summed E-state index contributed by atoms with van der Waals surface area (Å²) in [6.45, 7) is 4.03. The first-order valence-corrected chi connectivity index (χ1v) is 38.4. The fraction of sp³-hybridized carbons (Fsp3) is 0.181. The summed E-state index contributed by atoms with van der Waals surface area (Å²) in [6, 6.07) is 55.0. The Bertz CT molecular complexity index is 5470. The number of fused-ring (bicyclic) bond motifs is 4. The highest BCUT2D eigenvalue weighted by Crippen LogP contribution is 2.32. The fourth-order valence-corrected chi connectivity index (χ4v) is 15.9. The molecule has 0 radical (unpaired) electrons. The van der Waals surface area contributed by atoms with Gasteiger partial charge in [0.15, 0.2) is 0 Å². The molecule has 12 rings (SSSR count). The maximum Gasteiger partial charge on any atom is 0.271 e. The lowest BCUT2D eigenvalue weighted by Gasteiger charge is -2.13. The van der Waals surface area contributed by atoms with E-state index in [1.165, 1.54) is 67.8 Å². The number of para-hydroxylation sites is 4. The second-order valence-corrected chi connectivity index (χ2v) is 32.9. The smallest absolute Gasteiger partial charge is 0.271 e. The number of anilines is 5. The molecule has 5 N–H and O–H groups in total. The minimum Gasteiger partial charge on any atom is -0.326 e. The molecule has 6 heterocycles. The molecule has 0 aliphatic rings. The van der Waals surface area contributed by atoms with Gasteiger partial charge in [-0.2, -0.15) is 0 Å². The highest BCUT2D eigenvalue weighted by atomic mass is 35.5. The Morgan fingerprint density at radius 3 is 1.13 bits per heavy atom. The summed E-state index contributed by atoms with van der Waals surface area (Å²) in [4.78, 5) is 52.5. The molecule has 6 aromatic heterocycles. The number of halogens is 1. The van der Waals surface area contributed by atoms with E-state index < -0.39 is 40.1 Å². The summed E-state index contributed by atoms with van der Waals surface area (Å²) in [5.41, 5.74) is 8.46. The number of carbonyl (C=O) groups excluding carboxylic acids is 2. The molecule has 6 aromatic carbocycles. The Labute approximate surface area is 602 Å². The van der Waals surface area contributed by atoms with Gasteiger partial charge in [0, 0.05) is 78.3 Å². The zero-order chi connectivity index (χ0) is 73.5. The Morgan fingerprint density at radius 1 is 0.422 bits per heavy atom. The van der Waals surface area contributed by atoms with Crippen LogP contribution in [0.25, 0.3) is 43.6 Å². The van der Waals surface area contributed by atoms with Gasteiger partial charge in [-0.15, -0.1) is 11.3 Å². The Kier molecular flexibility index (Phi) is 25.2. The molecule has 530 valence electrons. The predicted molar refractivity (Wildman–Crippen MR) is 406 cm³/mol. The maximum absolute atomic E-state index is 12.9. The van der Waals surface area contributed by atoms with Gasteiger partial charge in [-0.25, -0.2) is 53.6 Å². The third-order valence-corrected chi connectivity index (χ3v) is 21.7. The molecule has 0 unspecified atom stereocenters. The largest absolute Gasteiger partial charge is 0.326 e. The summed E-state index contributed by atoms with van der Waals surface area (Å²) in [5.74, 6) is -0.269. The van der Waals surface area contributed by atoms with Crippen molar-refractivity contribution in [1.29, 1.82) is 0 Å². The SMILES string of the molecule is CC(=O)Nc1cccc(S(=O)(=O)Nc2cccc3ccc(CN(C)C)nc23)c1.CN(C)Cc1ccc2cccc(NS(=O)(=O)c3ccc(C=O)cc3)c2n1.CN(C)Cc1ccc2cccc(NS(=O)(=O)c3ccc(Cl)s3)c2n1.CN(C)Cc1ccc2cccc(NS(=O)(=O)c3cccnc3)c2n1. The Hall–Kier alpha value is -9.92. The Balaban J connectivity index is 0.000000158. The number of nitrogens with zero attached hydrogens (tertiary/aromatic N) is 9. The van der Waals surface area contributed by atoms with Gasteiger partial charge < -0.3 is 24.9 Å². The van der Waals surface area contributed by atoms with Crippen LogP contribution in [0.2, 0.25) is 4.34 Å². The van der Waals surface area contributed by atoms with Gasteiger partial charge in [0.05, 0.1) is 81.7 Å². The highest BCUT2D eigenvalue weighted by molar-refractivity contribution is 7.95. The lowest BCUT2D eigenvalue weighted by atomic mass is 10.2. The van der Waals surface area contributed by atoms with E-state index in [0.717, 1.165) is 55.7 Å². The van der Waals surface area contributed by atoms with Crippen molar-refractivity contribution in [2.24, 2.45) is 0 Å². The summed E-state index contributed by atoms with van der Waals surface area (Å²) < 4.78 is 112. The molecule has 0 saturated heterocycles. The van der Waals surface area contributed by atoms with E-state index in [9.17, 15) is 43.3 Å². The van der Waals surface area contributed by atoms with Gasteiger partial charge in [0.25, 0.3) is 40.1 Å². The number of pyridine rings is 5. The number of carbonyl (C=O) groups is 2. The van der Waals surface area contributed by atoms with Crippen LogP contribution in [0.5, 0.6) is 0 Å². The number of amides is 1. The monoisotopic (exact) mass is 1490 g/mol. The van der Waals surface area contributed by atoms with Crippen LogP contribution in [0.4, 0.5) is 28.4 Å². The van der Waals surface area contributed by atoms with E-state index >= 15 is 0 Å². The van der Waals surface area contributed by atoms with E-state index in [4.69, 9.17) is 11.6 Å². The van der Waals surface area contributed by atoms with Crippen LogP contribution in [0, 0.1) is 0 Å². The summed E-state index contributed by atoms with van der Waals surface area (Å²) in [7, 11) is 0.608. The predicted octanol–water partition coefficient (Wildman–Crippen LogP) is 12.3. The van der Waals surface area contributed by atoms with Crippen LogP contribution in [0.3, 0.4) is 0 Å². The average molecular weight is 1490 g/mol. The van der Waals surface area contributed by atoms with Crippen molar-refractivity contribution in [1.82, 2.24) is 44.5 Å². The van der Waals surface area contributed by atoms with Gasteiger partial charge in [0.1, 0.15) is 15.4 Å². The van der Waals surface area contributed by atoms with Crippen molar-refractivity contribution in [3.8, 4) is 0 Å². The molecule has 0 bridgehead atoms. The van der Waals surface area contributed by atoms with Crippen molar-refractivity contribution >= 4 is 147 Å². The van der Waals surface area contributed by atoms with E-state index in [2.05, 4.69) is 49.1 Å². The zero-order valence-electron chi connectivity index (χ0n) is 57.1. The van der Waals surface area contributed by atoms with E-state index in [0.29, 0.717) is 92.9 Å². The number of sulfonamides is 4. The quantitative estimate of drug-likeness (QED) is 0.0394. The normalized spacial score (nSPS) is 11.7. The molecule has 102 heavy (non-hydrogen) atoms. The molecule has 0 saturated carbocycles. The second kappa shape index (κ2) is 33.7. The van der Waals surface area contributed by atoms with Crippen LogP contribution in [0.15, 0.2) is 225 Å². The number of aldehydes is 1. The third-order valence-electron chi connectivity index (χ3n) is 14.6. The fourth-order valence-electron chi connectivity index (χ4n) is 10.2. The molecule has 0 atom stereocenters. The summed E-state index contributed by atoms with van der Waals surface area (Å²) in [5, 5.41) is 6.04. The van der Waals surface area contributed by atoms with Gasteiger partial charge in [0.2, 0.25) is 5.91 Å². The standard InChI is InChI=1S/C20H22N4O3S.C19H19N3O3S.C17H18N4O2S.C16H16ClN3O2S2/c1-14(25)21-16-7-5-8-18(12-16)28(26,27)23-19-9-4-6-15-10-11-17(13-24(2)3)22-20(15)19;1-22(2)12-16-9-8-15-4-3-5-18(19(15)20-16)21-26(24,25)17-10-6-14(13-23)7-11-17;1-21(2)12-14-9-8-13-5-3-7-16(17(13)19-14)20-24(22,23)15-6-4-10-18-11-15;1-20(2)10-12-7-6-11-4-3-5-13(16(11)18-12)19-24(21,22)15-9-8-14(17)23-15/h4-12,23H,13H2,1-3H3,(H,21,25);3-11,13,21H,12H2,1-2H3;3-11,20H,12H2,1-2H3;3-9,19H,10H2,1-2H3. The first-order valence-electron chi connectivity index (χ1n) is 31.3. The zero-order valence-corrected chi connectivity index (χ0v) is 61.9. The number of aromatic nitrogens is 5. The molecule has 1 amide bonds.